The molecule has 1 aliphatic rings. The fraction of sp³-hybridized carbons (Fsp3) is 0.105. The van der Waals surface area contributed by atoms with Gasteiger partial charge in [0.2, 0.25) is 0 Å². The molecular weight excluding hydrogens is 448 g/mol. The van der Waals surface area contributed by atoms with E-state index in [-0.39, 0.29) is 5.57 Å². The van der Waals surface area contributed by atoms with Crippen LogP contribution in [0.5, 0.6) is 0 Å². The molecule has 0 bridgehead atoms. The maximum Gasteiger partial charge on any atom is 0.354 e. The number of hydrogen-bond acceptors (Lipinski definition) is 5. The first kappa shape index (κ1) is 19.7. The Morgan fingerprint density at radius 1 is 0.778 bits per heavy atom. The monoisotopic (exact) mass is 462 g/mol. The van der Waals surface area contributed by atoms with Crippen molar-refractivity contribution in [2.24, 2.45) is 0 Å². The maximum atomic E-state index is 13.1. The van der Waals surface area contributed by atoms with Gasteiger partial charge in [-0.2, -0.15) is 8.61 Å². The van der Waals surface area contributed by atoms with E-state index in [9.17, 15) is 14.4 Å². The molecule has 4 amide bonds. The molecule has 0 aromatic heterocycles. The van der Waals surface area contributed by atoms with Gasteiger partial charge in [-0.15, -0.1) is 0 Å². The SMILES string of the molecule is CSN1C(=O)C(=C(c2ccccc2)c2ccc(Br)cc2)C(=O)N(SC)C1=O. The van der Waals surface area contributed by atoms with Crippen LogP contribution >= 0.6 is 39.8 Å². The third-order valence-corrected chi connectivity index (χ3v) is 5.86. The number of urea groups is 1. The molecule has 0 unspecified atom stereocenters. The zero-order valence-corrected chi connectivity index (χ0v) is 17.7. The van der Waals surface area contributed by atoms with E-state index in [0.717, 1.165) is 48.1 Å². The van der Waals surface area contributed by atoms with Crippen LogP contribution < -0.4 is 0 Å². The van der Waals surface area contributed by atoms with Gasteiger partial charge in [-0.3, -0.25) is 9.59 Å². The van der Waals surface area contributed by atoms with Crippen molar-refractivity contribution in [3.63, 3.8) is 0 Å². The number of halogens is 1. The summed E-state index contributed by atoms with van der Waals surface area (Å²) in [6, 6.07) is 16.0. The number of benzene rings is 2. The molecule has 1 fully saturated rings. The lowest BCUT2D eigenvalue weighted by Crippen LogP contribution is -2.50. The first-order chi connectivity index (χ1) is 13.0. The summed E-state index contributed by atoms with van der Waals surface area (Å²) in [7, 11) is 0. The largest absolute Gasteiger partial charge is 0.354 e. The van der Waals surface area contributed by atoms with Gasteiger partial charge in [-0.1, -0.05) is 58.4 Å². The average molecular weight is 463 g/mol. The summed E-state index contributed by atoms with van der Waals surface area (Å²) in [6.07, 6.45) is 3.26. The lowest BCUT2D eigenvalue weighted by atomic mass is 9.91. The fourth-order valence-electron chi connectivity index (χ4n) is 2.76. The molecule has 2 aromatic carbocycles. The number of rotatable bonds is 4. The van der Waals surface area contributed by atoms with Crippen LogP contribution in [0, 0.1) is 0 Å². The van der Waals surface area contributed by atoms with Crippen LogP contribution in [0.1, 0.15) is 11.1 Å². The Hall–Kier alpha value is -2.03. The summed E-state index contributed by atoms with van der Waals surface area (Å²) in [5.41, 5.74) is 1.93. The first-order valence-electron chi connectivity index (χ1n) is 7.86. The number of imide groups is 2. The maximum absolute atomic E-state index is 13.1. The Kier molecular flexibility index (Phi) is 6.08. The molecule has 27 heavy (non-hydrogen) atoms. The number of carbonyl (C=O) groups is 3. The molecule has 0 atom stereocenters. The zero-order chi connectivity index (χ0) is 19.6. The Morgan fingerprint density at radius 2 is 1.26 bits per heavy atom. The van der Waals surface area contributed by atoms with Crippen molar-refractivity contribution in [2.75, 3.05) is 12.5 Å². The van der Waals surface area contributed by atoms with Crippen LogP contribution in [-0.2, 0) is 9.59 Å². The van der Waals surface area contributed by atoms with E-state index in [1.807, 2.05) is 54.6 Å². The van der Waals surface area contributed by atoms with Crippen LogP contribution in [-0.4, -0.2) is 39.0 Å². The van der Waals surface area contributed by atoms with Gasteiger partial charge in [-0.25, -0.2) is 4.79 Å². The number of hydrogen-bond donors (Lipinski definition) is 0. The van der Waals surface area contributed by atoms with Gasteiger partial charge < -0.3 is 0 Å². The van der Waals surface area contributed by atoms with E-state index in [4.69, 9.17) is 0 Å². The third kappa shape index (κ3) is 3.69. The third-order valence-electron chi connectivity index (χ3n) is 3.95. The van der Waals surface area contributed by atoms with Crippen molar-refractivity contribution in [3.05, 3.63) is 75.8 Å². The second kappa shape index (κ2) is 8.33. The molecule has 5 nitrogen and oxygen atoms in total. The predicted molar refractivity (Wildman–Crippen MR) is 113 cm³/mol. The molecule has 1 heterocycles. The number of barbiturate groups is 1. The second-order valence-electron chi connectivity index (χ2n) is 5.47. The molecule has 1 aliphatic heterocycles. The van der Waals surface area contributed by atoms with E-state index >= 15 is 0 Å². The number of amides is 4. The van der Waals surface area contributed by atoms with Gasteiger partial charge in [0.05, 0.1) is 0 Å². The zero-order valence-electron chi connectivity index (χ0n) is 14.5. The summed E-state index contributed by atoms with van der Waals surface area (Å²) in [5, 5.41) is 0. The normalized spacial score (nSPS) is 14.8. The van der Waals surface area contributed by atoms with E-state index in [1.54, 1.807) is 12.5 Å². The minimum Gasteiger partial charge on any atom is -0.267 e. The van der Waals surface area contributed by atoms with Gasteiger partial charge in [0.1, 0.15) is 5.57 Å². The molecule has 0 N–H and O–H groups in total. The quantitative estimate of drug-likeness (QED) is 0.377. The molecule has 0 spiro atoms. The summed E-state index contributed by atoms with van der Waals surface area (Å²) < 4.78 is 2.90. The Balaban J connectivity index is 2.31. The molecule has 0 radical (unpaired) electrons. The highest BCUT2D eigenvalue weighted by molar-refractivity contribution is 9.10. The van der Waals surface area contributed by atoms with Crippen LogP contribution in [0.2, 0.25) is 0 Å². The van der Waals surface area contributed by atoms with E-state index in [1.165, 1.54) is 0 Å². The van der Waals surface area contributed by atoms with Gasteiger partial charge in [0.25, 0.3) is 11.8 Å². The van der Waals surface area contributed by atoms with E-state index in [0.29, 0.717) is 5.57 Å². The standard InChI is InChI=1S/C19H15BrN2O3S2/c1-26-21-17(23)16(18(24)22(27-2)19(21)25)15(12-6-4-3-5-7-12)13-8-10-14(20)11-9-13/h3-11H,1-2H3. The van der Waals surface area contributed by atoms with Crippen molar-refractivity contribution in [1.29, 1.82) is 0 Å². The van der Waals surface area contributed by atoms with Gasteiger partial charge in [0, 0.05) is 22.6 Å². The lowest BCUT2D eigenvalue weighted by molar-refractivity contribution is -0.129. The predicted octanol–water partition coefficient (Wildman–Crippen LogP) is 4.60. The molecule has 0 aliphatic carbocycles. The highest BCUT2D eigenvalue weighted by Gasteiger charge is 2.44. The highest BCUT2D eigenvalue weighted by Crippen LogP contribution is 2.35. The molecule has 1 saturated heterocycles. The van der Waals surface area contributed by atoms with Crippen molar-refractivity contribution >= 4 is 63.2 Å². The van der Waals surface area contributed by atoms with Gasteiger partial charge in [0.15, 0.2) is 0 Å². The van der Waals surface area contributed by atoms with E-state index < -0.39 is 17.8 Å². The average Bonchev–Trinajstić information content (AvgIpc) is 2.67. The molecule has 2 aromatic rings. The Bertz CT molecular complexity index is 902. The van der Waals surface area contributed by atoms with Crippen LogP contribution in [0.4, 0.5) is 4.79 Å². The van der Waals surface area contributed by atoms with Crippen LogP contribution in [0.3, 0.4) is 0 Å². The van der Waals surface area contributed by atoms with Gasteiger partial charge in [-0.05, 0) is 47.2 Å². The second-order valence-corrected chi connectivity index (χ2v) is 7.85. The smallest absolute Gasteiger partial charge is 0.267 e. The van der Waals surface area contributed by atoms with Crippen molar-refractivity contribution in [2.45, 2.75) is 0 Å². The number of carbonyl (C=O) groups excluding carboxylic acids is 3. The highest BCUT2D eigenvalue weighted by atomic mass is 79.9. The fourth-order valence-corrected chi connectivity index (χ4v) is 4.07. The Labute approximate surface area is 174 Å². The summed E-state index contributed by atoms with van der Waals surface area (Å²) in [6.45, 7) is 0. The topological polar surface area (TPSA) is 57.7 Å². The molecule has 8 heteroatoms. The summed E-state index contributed by atoms with van der Waals surface area (Å²) in [4.78, 5) is 38.5. The molecule has 138 valence electrons. The summed E-state index contributed by atoms with van der Waals surface area (Å²) >= 11 is 5.37. The van der Waals surface area contributed by atoms with Crippen molar-refractivity contribution in [1.82, 2.24) is 8.61 Å². The molecule has 0 saturated carbocycles. The minimum absolute atomic E-state index is 0.0215. The first-order valence-corrected chi connectivity index (χ1v) is 11.0. The van der Waals surface area contributed by atoms with Crippen LogP contribution in [0.15, 0.2) is 64.6 Å². The van der Waals surface area contributed by atoms with Crippen LogP contribution in [0.25, 0.3) is 5.57 Å². The van der Waals surface area contributed by atoms with E-state index in [2.05, 4.69) is 15.9 Å². The lowest BCUT2D eigenvalue weighted by Gasteiger charge is -2.32. The molecular formula is C19H15BrN2O3S2. The molecule has 3 rings (SSSR count). The number of nitrogens with zero attached hydrogens (tertiary/aromatic N) is 2. The minimum atomic E-state index is -0.642. The Morgan fingerprint density at radius 3 is 1.74 bits per heavy atom. The summed E-state index contributed by atoms with van der Waals surface area (Å²) in [5.74, 6) is -1.21. The van der Waals surface area contributed by atoms with Crippen molar-refractivity contribution in [3.8, 4) is 0 Å². The van der Waals surface area contributed by atoms with Gasteiger partial charge >= 0.3 is 6.03 Å². The van der Waals surface area contributed by atoms with Crippen molar-refractivity contribution < 1.29 is 14.4 Å².